The van der Waals surface area contributed by atoms with Crippen LogP contribution in [0.2, 0.25) is 0 Å². The van der Waals surface area contributed by atoms with Crippen LogP contribution in [0.4, 0.5) is 0 Å². The molecule has 7 nitrogen and oxygen atoms in total. The van der Waals surface area contributed by atoms with Crippen molar-refractivity contribution in [1.82, 2.24) is 20.8 Å². The molecule has 0 aliphatic carbocycles. The Labute approximate surface area is 133 Å². The second-order valence-corrected chi connectivity index (χ2v) is 5.35. The van der Waals surface area contributed by atoms with Crippen molar-refractivity contribution in [1.29, 1.82) is 0 Å². The molecule has 0 saturated heterocycles. The van der Waals surface area contributed by atoms with Crippen molar-refractivity contribution in [3.05, 3.63) is 59.7 Å². The van der Waals surface area contributed by atoms with Crippen molar-refractivity contribution in [2.75, 3.05) is 0 Å². The first-order valence-corrected chi connectivity index (χ1v) is 7.14. The molecule has 1 unspecified atom stereocenters. The Morgan fingerprint density at radius 1 is 1.09 bits per heavy atom. The monoisotopic (exact) mass is 314 g/mol. The Balaban J connectivity index is 2.18. The van der Waals surface area contributed by atoms with Crippen LogP contribution < -0.4 is 10.8 Å². The molecule has 0 aliphatic rings. The Morgan fingerprint density at radius 2 is 1.78 bits per heavy atom. The normalized spacial score (nSPS) is 11.8. The van der Waals surface area contributed by atoms with E-state index in [0.717, 1.165) is 5.56 Å². The van der Waals surface area contributed by atoms with Gasteiger partial charge in [-0.1, -0.05) is 26.0 Å². The smallest absolute Gasteiger partial charge is 0.274 e. The Bertz CT molecular complexity index is 671. The summed E-state index contributed by atoms with van der Waals surface area (Å²) >= 11 is 0. The minimum Gasteiger partial charge on any atom is -0.344 e. The Hall–Kier alpha value is -2.80. The van der Waals surface area contributed by atoms with Gasteiger partial charge in [-0.2, -0.15) is 0 Å². The van der Waals surface area contributed by atoms with Crippen molar-refractivity contribution < 1.29 is 14.8 Å². The average molecular weight is 314 g/mol. The van der Waals surface area contributed by atoms with Crippen LogP contribution in [-0.4, -0.2) is 27.0 Å². The highest BCUT2D eigenvalue weighted by atomic mass is 16.5. The lowest BCUT2D eigenvalue weighted by Gasteiger charge is -2.23. The number of hydrogen-bond donors (Lipinski definition) is 3. The summed E-state index contributed by atoms with van der Waals surface area (Å²) in [4.78, 5) is 31.4. The molecule has 1 atom stereocenters. The van der Waals surface area contributed by atoms with E-state index in [1.165, 1.54) is 18.6 Å². The molecule has 2 amide bonds. The summed E-state index contributed by atoms with van der Waals surface area (Å²) < 4.78 is 0. The van der Waals surface area contributed by atoms with Gasteiger partial charge in [-0.25, -0.2) is 10.5 Å². The van der Waals surface area contributed by atoms with E-state index in [2.05, 4.69) is 15.3 Å². The minimum absolute atomic E-state index is 0.133. The van der Waals surface area contributed by atoms with Gasteiger partial charge in [0.2, 0.25) is 0 Å². The number of benzene rings is 1. The third kappa shape index (κ3) is 4.10. The number of amides is 2. The zero-order valence-electron chi connectivity index (χ0n) is 12.9. The average Bonchev–Trinajstić information content (AvgIpc) is 2.59. The third-order valence-electron chi connectivity index (χ3n) is 3.38. The van der Waals surface area contributed by atoms with E-state index in [-0.39, 0.29) is 23.6 Å². The van der Waals surface area contributed by atoms with Crippen molar-refractivity contribution >= 4 is 11.8 Å². The van der Waals surface area contributed by atoms with Crippen molar-refractivity contribution in [3.63, 3.8) is 0 Å². The van der Waals surface area contributed by atoms with Crippen molar-refractivity contribution in [3.8, 4) is 0 Å². The lowest BCUT2D eigenvalue weighted by Crippen LogP contribution is -2.32. The second-order valence-electron chi connectivity index (χ2n) is 5.35. The van der Waals surface area contributed by atoms with E-state index in [1.807, 2.05) is 13.8 Å². The van der Waals surface area contributed by atoms with Crippen molar-refractivity contribution in [2.24, 2.45) is 5.92 Å². The third-order valence-corrected chi connectivity index (χ3v) is 3.38. The van der Waals surface area contributed by atoms with E-state index >= 15 is 0 Å². The molecule has 1 aromatic heterocycles. The maximum Gasteiger partial charge on any atom is 0.274 e. The molecule has 0 fully saturated rings. The van der Waals surface area contributed by atoms with Crippen LogP contribution in [0.25, 0.3) is 0 Å². The summed E-state index contributed by atoms with van der Waals surface area (Å²) in [5.41, 5.74) is 3.01. The van der Waals surface area contributed by atoms with Gasteiger partial charge in [-0.3, -0.25) is 19.8 Å². The molecule has 120 valence electrons. The second kappa shape index (κ2) is 7.46. The lowest BCUT2D eigenvalue weighted by atomic mass is 9.95. The van der Waals surface area contributed by atoms with Crippen LogP contribution in [0.15, 0.2) is 42.9 Å². The summed E-state index contributed by atoms with van der Waals surface area (Å²) in [6.07, 6.45) is 4.37. The van der Waals surface area contributed by atoms with E-state index in [0.29, 0.717) is 5.56 Å². The van der Waals surface area contributed by atoms with Crippen LogP contribution >= 0.6 is 0 Å². The van der Waals surface area contributed by atoms with Gasteiger partial charge in [0.15, 0.2) is 0 Å². The number of hydrogen-bond acceptors (Lipinski definition) is 5. The van der Waals surface area contributed by atoms with Gasteiger partial charge in [0.1, 0.15) is 5.69 Å². The molecule has 0 saturated carbocycles. The van der Waals surface area contributed by atoms with Crippen LogP contribution in [0.1, 0.15) is 46.3 Å². The SMILES string of the molecule is CC(C)C(NC(=O)c1cnccn1)c1ccc(C(=O)NO)cc1. The number of nitrogens with one attached hydrogen (secondary N) is 2. The molecule has 3 N–H and O–H groups in total. The van der Waals surface area contributed by atoms with Crippen LogP contribution in [0.3, 0.4) is 0 Å². The molecule has 1 aromatic carbocycles. The number of hydroxylamine groups is 1. The predicted molar refractivity (Wildman–Crippen MR) is 82.8 cm³/mol. The fourth-order valence-electron chi connectivity index (χ4n) is 2.17. The quantitative estimate of drug-likeness (QED) is 0.576. The molecule has 7 heteroatoms. The zero-order valence-corrected chi connectivity index (χ0v) is 12.9. The maximum atomic E-state index is 12.2. The minimum atomic E-state index is -0.582. The summed E-state index contributed by atoms with van der Waals surface area (Å²) in [5, 5.41) is 11.6. The molecule has 2 rings (SSSR count). The summed E-state index contributed by atoms with van der Waals surface area (Å²) in [5.74, 6) is -0.761. The topological polar surface area (TPSA) is 104 Å². The Morgan fingerprint density at radius 3 is 2.30 bits per heavy atom. The van der Waals surface area contributed by atoms with Gasteiger partial charge in [-0.15, -0.1) is 0 Å². The zero-order chi connectivity index (χ0) is 16.8. The first-order valence-electron chi connectivity index (χ1n) is 7.14. The number of carbonyl (C=O) groups is 2. The van der Waals surface area contributed by atoms with Crippen LogP contribution in [0, 0.1) is 5.92 Å². The van der Waals surface area contributed by atoms with E-state index in [9.17, 15) is 9.59 Å². The first-order chi connectivity index (χ1) is 11.0. The Kier molecular flexibility index (Phi) is 5.37. The van der Waals surface area contributed by atoms with Crippen molar-refractivity contribution in [2.45, 2.75) is 19.9 Å². The highest BCUT2D eigenvalue weighted by Gasteiger charge is 2.20. The van der Waals surface area contributed by atoms with E-state index in [1.54, 1.807) is 29.7 Å². The van der Waals surface area contributed by atoms with Gasteiger partial charge in [0, 0.05) is 18.0 Å². The lowest BCUT2D eigenvalue weighted by molar-refractivity contribution is 0.0706. The predicted octanol–water partition coefficient (Wildman–Crippen LogP) is 1.72. The van der Waals surface area contributed by atoms with Crippen LogP contribution in [0.5, 0.6) is 0 Å². The fraction of sp³-hybridized carbons (Fsp3) is 0.250. The molecule has 23 heavy (non-hydrogen) atoms. The number of nitrogens with zero attached hydrogens (tertiary/aromatic N) is 2. The maximum absolute atomic E-state index is 12.2. The molecule has 0 radical (unpaired) electrons. The first kappa shape index (κ1) is 16.6. The standard InChI is InChI=1S/C16H18N4O3/c1-10(2)14(19-16(22)13-9-17-7-8-18-13)11-3-5-12(6-4-11)15(21)20-23/h3-10,14,23H,1-2H3,(H,19,22)(H,20,21). The number of rotatable bonds is 5. The van der Waals surface area contributed by atoms with Gasteiger partial charge in [0.25, 0.3) is 11.8 Å². The van der Waals surface area contributed by atoms with E-state index in [4.69, 9.17) is 5.21 Å². The summed E-state index contributed by atoms with van der Waals surface area (Å²) in [7, 11) is 0. The molecule has 0 bridgehead atoms. The molecular formula is C16H18N4O3. The molecule has 0 spiro atoms. The summed E-state index contributed by atoms with van der Waals surface area (Å²) in [6.45, 7) is 3.96. The molecular weight excluding hydrogens is 296 g/mol. The largest absolute Gasteiger partial charge is 0.344 e. The fourth-order valence-corrected chi connectivity index (χ4v) is 2.17. The number of aromatic nitrogens is 2. The van der Waals surface area contributed by atoms with Gasteiger partial charge in [-0.05, 0) is 23.6 Å². The van der Waals surface area contributed by atoms with Gasteiger partial charge < -0.3 is 5.32 Å². The van der Waals surface area contributed by atoms with Crippen LogP contribution in [-0.2, 0) is 0 Å². The van der Waals surface area contributed by atoms with Gasteiger partial charge >= 0.3 is 0 Å². The highest BCUT2D eigenvalue weighted by molar-refractivity contribution is 5.93. The number of carbonyl (C=O) groups excluding carboxylic acids is 2. The van der Waals surface area contributed by atoms with E-state index < -0.39 is 5.91 Å². The molecule has 0 aliphatic heterocycles. The summed E-state index contributed by atoms with van der Waals surface area (Å²) in [6, 6.07) is 6.42. The molecule has 2 aromatic rings. The highest BCUT2D eigenvalue weighted by Crippen LogP contribution is 2.22. The molecule has 1 heterocycles. The van der Waals surface area contributed by atoms with Gasteiger partial charge in [0.05, 0.1) is 12.2 Å².